The van der Waals surface area contributed by atoms with Crippen LogP contribution in [0.5, 0.6) is 0 Å². The van der Waals surface area contributed by atoms with Crippen molar-refractivity contribution >= 4 is 6.21 Å². The summed E-state index contributed by atoms with van der Waals surface area (Å²) >= 11 is 0. The highest BCUT2D eigenvalue weighted by molar-refractivity contribution is 5.58. The first-order valence-corrected chi connectivity index (χ1v) is 6.57. The summed E-state index contributed by atoms with van der Waals surface area (Å²) in [6.45, 7) is 6.20. The van der Waals surface area contributed by atoms with Crippen molar-refractivity contribution in [3.63, 3.8) is 0 Å². The van der Waals surface area contributed by atoms with Crippen molar-refractivity contribution in [1.82, 2.24) is 0 Å². The third-order valence-electron chi connectivity index (χ3n) is 4.59. The molecular formula is C15H23N. The molecule has 0 bridgehead atoms. The van der Waals surface area contributed by atoms with Crippen LogP contribution in [-0.2, 0) is 0 Å². The van der Waals surface area contributed by atoms with E-state index in [0.29, 0.717) is 23.7 Å². The molecule has 5 unspecified atom stereocenters. The molecule has 0 aromatic carbocycles. The highest BCUT2D eigenvalue weighted by Crippen LogP contribution is 2.46. The lowest BCUT2D eigenvalue weighted by Crippen LogP contribution is -2.38. The second kappa shape index (κ2) is 4.99. The molecule has 0 radical (unpaired) electrons. The number of hydrogen-bond acceptors (Lipinski definition) is 1. The van der Waals surface area contributed by atoms with Crippen LogP contribution in [0.2, 0.25) is 0 Å². The molecule has 1 N–H and O–H groups in total. The van der Waals surface area contributed by atoms with E-state index in [0.717, 1.165) is 5.92 Å². The van der Waals surface area contributed by atoms with Crippen molar-refractivity contribution in [2.45, 2.75) is 32.6 Å². The molecule has 0 amide bonds. The van der Waals surface area contributed by atoms with Crippen LogP contribution >= 0.6 is 0 Å². The Balaban J connectivity index is 2.23. The van der Waals surface area contributed by atoms with Gasteiger partial charge in [-0.05, 0) is 55.1 Å². The minimum atomic E-state index is 0.510. The van der Waals surface area contributed by atoms with Crippen molar-refractivity contribution in [2.24, 2.45) is 29.6 Å². The van der Waals surface area contributed by atoms with Crippen molar-refractivity contribution in [1.29, 1.82) is 5.41 Å². The fourth-order valence-corrected chi connectivity index (χ4v) is 3.64. The van der Waals surface area contributed by atoms with Gasteiger partial charge in [-0.1, -0.05) is 31.6 Å². The molecule has 5 atom stereocenters. The zero-order chi connectivity index (χ0) is 11.5. The van der Waals surface area contributed by atoms with Gasteiger partial charge < -0.3 is 5.41 Å². The Hall–Kier alpha value is -0.850. The summed E-state index contributed by atoms with van der Waals surface area (Å²) in [5.41, 5.74) is 0. The van der Waals surface area contributed by atoms with Gasteiger partial charge in [-0.2, -0.15) is 0 Å². The molecule has 0 aliphatic heterocycles. The molecule has 2 rings (SSSR count). The van der Waals surface area contributed by atoms with E-state index >= 15 is 0 Å². The van der Waals surface area contributed by atoms with Gasteiger partial charge >= 0.3 is 0 Å². The van der Waals surface area contributed by atoms with Gasteiger partial charge in [-0.3, -0.25) is 0 Å². The third-order valence-corrected chi connectivity index (χ3v) is 4.59. The molecule has 1 fully saturated rings. The van der Waals surface area contributed by atoms with E-state index in [2.05, 4.69) is 31.7 Å². The number of rotatable bonds is 3. The molecule has 0 heterocycles. The molecule has 16 heavy (non-hydrogen) atoms. The predicted octanol–water partition coefficient (Wildman–Crippen LogP) is 4.07. The van der Waals surface area contributed by atoms with Crippen LogP contribution in [0.15, 0.2) is 24.8 Å². The molecule has 0 saturated heterocycles. The largest absolute Gasteiger partial charge is 0.313 e. The summed E-state index contributed by atoms with van der Waals surface area (Å²) in [4.78, 5) is 0. The zero-order valence-corrected chi connectivity index (χ0v) is 10.2. The van der Waals surface area contributed by atoms with E-state index in [-0.39, 0.29) is 0 Å². The second-order valence-electron chi connectivity index (χ2n) is 5.43. The Bertz CT molecular complexity index is 292. The average molecular weight is 217 g/mol. The fraction of sp³-hybridized carbons (Fsp3) is 0.667. The maximum absolute atomic E-state index is 7.63. The average Bonchev–Trinajstić information content (AvgIpc) is 2.36. The van der Waals surface area contributed by atoms with Crippen molar-refractivity contribution < 1.29 is 0 Å². The molecule has 1 saturated carbocycles. The van der Waals surface area contributed by atoms with Gasteiger partial charge in [-0.15, -0.1) is 6.58 Å². The minimum Gasteiger partial charge on any atom is -0.313 e. The molecule has 0 aromatic rings. The van der Waals surface area contributed by atoms with Crippen LogP contribution in [0.25, 0.3) is 0 Å². The third kappa shape index (κ3) is 2.00. The van der Waals surface area contributed by atoms with Gasteiger partial charge in [0.1, 0.15) is 0 Å². The van der Waals surface area contributed by atoms with E-state index in [9.17, 15) is 0 Å². The zero-order valence-electron chi connectivity index (χ0n) is 10.2. The Morgan fingerprint density at radius 2 is 2.25 bits per heavy atom. The van der Waals surface area contributed by atoms with Crippen LogP contribution in [0.4, 0.5) is 0 Å². The number of hydrogen-bond donors (Lipinski definition) is 1. The van der Waals surface area contributed by atoms with Gasteiger partial charge in [0.05, 0.1) is 0 Å². The summed E-state index contributed by atoms with van der Waals surface area (Å²) in [6, 6.07) is 0. The first-order valence-electron chi connectivity index (χ1n) is 6.57. The topological polar surface area (TPSA) is 23.9 Å². The van der Waals surface area contributed by atoms with Crippen molar-refractivity contribution in [2.75, 3.05) is 0 Å². The lowest BCUT2D eigenvalue weighted by Gasteiger charge is -2.44. The Labute approximate surface area is 99.1 Å². The Morgan fingerprint density at radius 1 is 1.44 bits per heavy atom. The quantitative estimate of drug-likeness (QED) is 0.544. The highest BCUT2D eigenvalue weighted by Gasteiger charge is 2.39. The first kappa shape index (κ1) is 11.6. The molecule has 88 valence electrons. The van der Waals surface area contributed by atoms with E-state index in [4.69, 9.17) is 5.41 Å². The van der Waals surface area contributed by atoms with Crippen LogP contribution in [-0.4, -0.2) is 6.21 Å². The molecular weight excluding hydrogens is 194 g/mol. The van der Waals surface area contributed by atoms with Gasteiger partial charge in [-0.25, -0.2) is 0 Å². The molecule has 1 heteroatoms. The Kier molecular flexibility index (Phi) is 3.63. The summed E-state index contributed by atoms with van der Waals surface area (Å²) in [5, 5.41) is 7.63. The predicted molar refractivity (Wildman–Crippen MR) is 69.7 cm³/mol. The molecule has 0 aromatic heterocycles. The van der Waals surface area contributed by atoms with Crippen molar-refractivity contribution in [3.8, 4) is 0 Å². The molecule has 2 aliphatic carbocycles. The Morgan fingerprint density at radius 3 is 2.94 bits per heavy atom. The lowest BCUT2D eigenvalue weighted by molar-refractivity contribution is 0.124. The van der Waals surface area contributed by atoms with Gasteiger partial charge in [0.15, 0.2) is 0 Å². The molecule has 0 spiro atoms. The molecule has 1 nitrogen and oxygen atoms in total. The number of nitrogens with one attached hydrogen (secondary N) is 1. The maximum atomic E-state index is 7.63. The summed E-state index contributed by atoms with van der Waals surface area (Å²) in [5.74, 6) is 3.19. The number of allylic oxidation sites excluding steroid dienone is 3. The van der Waals surface area contributed by atoms with E-state index < -0.39 is 0 Å². The van der Waals surface area contributed by atoms with Gasteiger partial charge in [0.2, 0.25) is 0 Å². The second-order valence-corrected chi connectivity index (χ2v) is 5.43. The fourth-order valence-electron chi connectivity index (χ4n) is 3.64. The normalized spacial score (nSPS) is 39.8. The summed E-state index contributed by atoms with van der Waals surface area (Å²) in [7, 11) is 0. The minimum absolute atomic E-state index is 0.510. The lowest BCUT2D eigenvalue weighted by atomic mass is 9.61. The van der Waals surface area contributed by atoms with Gasteiger partial charge in [0, 0.05) is 0 Å². The number of fused-ring (bicyclic) bond motifs is 1. The summed E-state index contributed by atoms with van der Waals surface area (Å²) in [6.07, 6.45) is 13.7. The molecule has 2 aliphatic rings. The van der Waals surface area contributed by atoms with E-state index in [1.165, 1.54) is 25.7 Å². The maximum Gasteiger partial charge on any atom is -0.00136 e. The first-order chi connectivity index (χ1) is 7.77. The van der Waals surface area contributed by atoms with Gasteiger partial charge in [0.25, 0.3) is 0 Å². The van der Waals surface area contributed by atoms with E-state index in [1.807, 2.05) is 0 Å². The van der Waals surface area contributed by atoms with Crippen LogP contribution in [0.3, 0.4) is 0 Å². The smallest absolute Gasteiger partial charge is 0.00136 e. The summed E-state index contributed by atoms with van der Waals surface area (Å²) < 4.78 is 0. The van der Waals surface area contributed by atoms with Crippen molar-refractivity contribution in [3.05, 3.63) is 24.8 Å². The highest BCUT2D eigenvalue weighted by atomic mass is 14.5. The van der Waals surface area contributed by atoms with Crippen LogP contribution in [0, 0.1) is 35.0 Å². The monoisotopic (exact) mass is 217 g/mol. The SMILES string of the molecule is C=CC(C)C1C=CCC2CCCC(C=N)C21. The van der Waals surface area contributed by atoms with Crippen LogP contribution < -0.4 is 0 Å². The van der Waals surface area contributed by atoms with Crippen LogP contribution in [0.1, 0.15) is 32.6 Å². The standard InChI is InChI=1S/C15H23N/c1-3-11(2)14-9-5-7-12-6-4-8-13(10-16)15(12)14/h3,5,9-16H,1,4,6-8H2,2H3. The van der Waals surface area contributed by atoms with E-state index in [1.54, 1.807) is 6.21 Å².